The van der Waals surface area contributed by atoms with Crippen LogP contribution in [0.2, 0.25) is 0 Å². The van der Waals surface area contributed by atoms with Crippen LogP contribution in [0.3, 0.4) is 0 Å². The van der Waals surface area contributed by atoms with E-state index < -0.39 is 8.03 Å². The van der Waals surface area contributed by atoms with E-state index in [-0.39, 0.29) is 5.78 Å². The summed E-state index contributed by atoms with van der Waals surface area (Å²) in [6.07, 6.45) is 0. The second-order valence-corrected chi connectivity index (χ2v) is 5.68. The molecule has 0 heterocycles. The third-order valence-electron chi connectivity index (χ3n) is 3.17. The van der Waals surface area contributed by atoms with Crippen molar-refractivity contribution < 1.29 is 23.4 Å². The van der Waals surface area contributed by atoms with Crippen LogP contribution in [0.1, 0.15) is 15.9 Å². The van der Waals surface area contributed by atoms with Gasteiger partial charge in [-0.25, -0.2) is 0 Å². The first-order chi connectivity index (χ1) is 10.6. The van der Waals surface area contributed by atoms with Gasteiger partial charge in [0.2, 0.25) is 11.1 Å². The highest BCUT2D eigenvalue weighted by molar-refractivity contribution is 7.48. The molecule has 0 aliphatic heterocycles. The molecule has 0 amide bonds. The Hall–Kier alpha value is -2.23. The van der Waals surface area contributed by atoms with Crippen molar-refractivity contribution in [3.8, 4) is 11.5 Å². The summed E-state index contributed by atoms with van der Waals surface area (Å²) in [5.41, 5.74) is 0.590. The summed E-state index contributed by atoms with van der Waals surface area (Å²) in [4.78, 5) is 12.9. The highest BCUT2D eigenvalue weighted by Crippen LogP contribution is 2.32. The van der Waals surface area contributed by atoms with Gasteiger partial charge in [-0.15, -0.1) is 4.52 Å². The molecule has 0 radical (unpaired) electrons. The second kappa shape index (κ2) is 7.16. The van der Waals surface area contributed by atoms with Crippen molar-refractivity contribution in [3.63, 3.8) is 0 Å². The highest BCUT2D eigenvalue weighted by Gasteiger charge is 2.30. The zero-order chi connectivity index (χ0) is 16.1. The number of ether oxygens (including phenoxy) is 2. The van der Waals surface area contributed by atoms with Crippen LogP contribution < -0.4 is 14.8 Å². The Balaban J connectivity index is 2.61. The van der Waals surface area contributed by atoms with Crippen LogP contribution in [0.15, 0.2) is 42.5 Å². The number of rotatable bonds is 6. The Labute approximate surface area is 129 Å². The van der Waals surface area contributed by atoms with Gasteiger partial charge in [0.05, 0.1) is 26.9 Å². The van der Waals surface area contributed by atoms with E-state index in [1.165, 1.54) is 21.3 Å². The lowest BCUT2D eigenvalue weighted by molar-refractivity contribution is 0.103. The second-order valence-electron chi connectivity index (χ2n) is 4.32. The van der Waals surface area contributed by atoms with Crippen LogP contribution in [0.25, 0.3) is 0 Å². The number of hydrogen-bond donors (Lipinski definition) is 0. The Morgan fingerprint density at radius 2 is 1.50 bits per heavy atom. The Bertz CT molecular complexity index is 689. The molecule has 6 heteroatoms. The first-order valence-electron chi connectivity index (χ1n) is 6.50. The van der Waals surface area contributed by atoms with Crippen LogP contribution in [0.5, 0.6) is 11.5 Å². The zero-order valence-electron chi connectivity index (χ0n) is 12.5. The molecule has 0 N–H and O–H groups in total. The maximum atomic E-state index is 12.9. The number of hydrogen-bond acceptors (Lipinski definition) is 5. The Kier molecular flexibility index (Phi) is 5.26. The van der Waals surface area contributed by atoms with Gasteiger partial charge in [0.1, 0.15) is 17.1 Å². The molecule has 0 aliphatic carbocycles. The molecule has 5 nitrogen and oxygen atoms in total. The molecule has 22 heavy (non-hydrogen) atoms. The Morgan fingerprint density at radius 1 is 0.909 bits per heavy atom. The smallest absolute Gasteiger partial charge is 0.496 e. The molecule has 0 aliphatic rings. The lowest BCUT2D eigenvalue weighted by Gasteiger charge is -2.11. The fourth-order valence-electron chi connectivity index (χ4n) is 2.13. The molecule has 114 valence electrons. The fourth-order valence-corrected chi connectivity index (χ4v) is 2.91. The van der Waals surface area contributed by atoms with Crippen molar-refractivity contribution in [3.05, 3.63) is 53.6 Å². The standard InChI is InChI=1S/C16H16O5P/c1-19-12-8-6-9-13(20-2)15(12)16(17)11-7-4-5-10-14(11)22(18)21-3/h4-10H,1-3H3/q+1. The lowest BCUT2D eigenvalue weighted by Crippen LogP contribution is -2.15. The number of carbonyl (C=O) groups excluding carboxylic acids is 1. The fraction of sp³-hybridized carbons (Fsp3) is 0.188. The third kappa shape index (κ3) is 3.01. The van der Waals surface area contributed by atoms with Crippen molar-refractivity contribution in [2.75, 3.05) is 21.3 Å². The average Bonchev–Trinajstić information content (AvgIpc) is 2.59. The number of carbonyl (C=O) groups is 1. The minimum absolute atomic E-state index is 0.291. The minimum Gasteiger partial charge on any atom is -0.496 e. The van der Waals surface area contributed by atoms with Gasteiger partial charge < -0.3 is 9.47 Å². The summed E-state index contributed by atoms with van der Waals surface area (Å²) < 4.78 is 27.4. The summed E-state index contributed by atoms with van der Waals surface area (Å²) in [5, 5.41) is 0.345. The number of ketones is 1. The van der Waals surface area contributed by atoms with Crippen LogP contribution in [-0.2, 0) is 9.09 Å². The van der Waals surface area contributed by atoms with Crippen molar-refractivity contribution in [2.24, 2.45) is 0 Å². The maximum Gasteiger partial charge on any atom is 0.549 e. The normalized spacial score (nSPS) is 11.0. The summed E-state index contributed by atoms with van der Waals surface area (Å²) >= 11 is 0. The van der Waals surface area contributed by atoms with Crippen molar-refractivity contribution in [1.29, 1.82) is 0 Å². The molecule has 0 saturated carbocycles. The van der Waals surface area contributed by atoms with Gasteiger partial charge in [-0.3, -0.25) is 4.79 Å². The summed E-state index contributed by atoms with van der Waals surface area (Å²) in [7, 11) is 2.20. The van der Waals surface area contributed by atoms with Crippen LogP contribution in [-0.4, -0.2) is 27.1 Å². The van der Waals surface area contributed by atoms with Crippen LogP contribution in [0.4, 0.5) is 0 Å². The van der Waals surface area contributed by atoms with E-state index in [4.69, 9.17) is 14.0 Å². The Morgan fingerprint density at radius 3 is 2.05 bits per heavy atom. The molecule has 1 unspecified atom stereocenters. The van der Waals surface area contributed by atoms with Gasteiger partial charge >= 0.3 is 8.03 Å². The van der Waals surface area contributed by atoms with Gasteiger partial charge in [0, 0.05) is 0 Å². The predicted molar refractivity (Wildman–Crippen MR) is 83.7 cm³/mol. The molecule has 2 aromatic rings. The van der Waals surface area contributed by atoms with E-state index in [1.807, 2.05) is 0 Å². The van der Waals surface area contributed by atoms with Gasteiger partial charge in [0.25, 0.3) is 0 Å². The molecule has 0 spiro atoms. The van der Waals surface area contributed by atoms with Crippen molar-refractivity contribution in [1.82, 2.24) is 0 Å². The first-order valence-corrected chi connectivity index (χ1v) is 7.67. The molecule has 0 bridgehead atoms. The molecule has 1 atom stereocenters. The average molecular weight is 319 g/mol. The van der Waals surface area contributed by atoms with Gasteiger partial charge in [-0.05, 0) is 28.8 Å². The van der Waals surface area contributed by atoms with E-state index in [2.05, 4.69) is 0 Å². The van der Waals surface area contributed by atoms with Crippen molar-refractivity contribution in [2.45, 2.75) is 0 Å². The summed E-state index contributed by atoms with van der Waals surface area (Å²) in [5.74, 6) is 0.462. The number of methoxy groups -OCH3 is 2. The molecule has 2 rings (SSSR count). The van der Waals surface area contributed by atoms with E-state index in [9.17, 15) is 9.36 Å². The van der Waals surface area contributed by atoms with E-state index >= 15 is 0 Å². The first kappa shape index (κ1) is 16.1. The largest absolute Gasteiger partial charge is 0.549 e. The predicted octanol–water partition coefficient (Wildman–Crippen LogP) is 2.95. The van der Waals surface area contributed by atoms with E-state index in [0.29, 0.717) is 27.9 Å². The van der Waals surface area contributed by atoms with E-state index in [0.717, 1.165) is 0 Å². The molecule has 0 aromatic heterocycles. The highest BCUT2D eigenvalue weighted by atomic mass is 31.1. The van der Waals surface area contributed by atoms with Gasteiger partial charge in [-0.1, -0.05) is 18.2 Å². The minimum atomic E-state index is -2.10. The van der Waals surface area contributed by atoms with E-state index in [1.54, 1.807) is 42.5 Å². The van der Waals surface area contributed by atoms with Gasteiger partial charge in [-0.2, -0.15) is 0 Å². The lowest BCUT2D eigenvalue weighted by atomic mass is 10.0. The quantitative estimate of drug-likeness (QED) is 0.605. The number of benzene rings is 2. The van der Waals surface area contributed by atoms with Gasteiger partial charge in [0.15, 0.2) is 0 Å². The maximum absolute atomic E-state index is 12.9. The van der Waals surface area contributed by atoms with Crippen molar-refractivity contribution >= 4 is 19.1 Å². The SMILES string of the molecule is COc1cccc(OC)c1C(=O)c1ccccc1[P+](=O)OC. The molecular formula is C16H16O5P+. The van der Waals surface area contributed by atoms with Crippen LogP contribution in [0, 0.1) is 0 Å². The summed E-state index contributed by atoms with van der Waals surface area (Å²) in [6, 6.07) is 11.7. The third-order valence-corrected chi connectivity index (χ3v) is 4.28. The monoisotopic (exact) mass is 319 g/mol. The topological polar surface area (TPSA) is 61.8 Å². The molecule has 2 aromatic carbocycles. The molecule has 0 saturated heterocycles. The summed E-state index contributed by atoms with van der Waals surface area (Å²) in [6.45, 7) is 0. The van der Waals surface area contributed by atoms with Crippen LogP contribution >= 0.6 is 8.03 Å². The molecule has 0 fully saturated rings. The molecular weight excluding hydrogens is 303 g/mol. The zero-order valence-corrected chi connectivity index (χ0v) is 13.4.